The third-order valence-corrected chi connectivity index (χ3v) is 9.12. The quantitative estimate of drug-likeness (QED) is 0.423. The van der Waals surface area contributed by atoms with E-state index in [0.717, 1.165) is 43.1 Å². The molecule has 39 heavy (non-hydrogen) atoms. The number of carbonyl (C=O) groups is 1. The number of nitriles is 1. The van der Waals surface area contributed by atoms with Crippen LogP contribution in [0.3, 0.4) is 0 Å². The normalized spacial score (nSPS) is 21.1. The Hall–Kier alpha value is -3.68. The van der Waals surface area contributed by atoms with E-state index >= 15 is 0 Å². The highest BCUT2D eigenvalue weighted by Gasteiger charge is 2.45. The highest BCUT2D eigenvalue weighted by molar-refractivity contribution is 7.99. The Labute approximate surface area is 231 Å². The molecule has 3 aliphatic heterocycles. The number of piperidine rings is 1. The van der Waals surface area contributed by atoms with Crippen molar-refractivity contribution in [2.45, 2.75) is 37.4 Å². The first kappa shape index (κ1) is 25.6. The molecule has 8 nitrogen and oxygen atoms in total. The zero-order chi connectivity index (χ0) is 26.8. The highest BCUT2D eigenvalue weighted by Crippen LogP contribution is 2.40. The van der Waals surface area contributed by atoms with Crippen LogP contribution >= 0.6 is 11.8 Å². The summed E-state index contributed by atoms with van der Waals surface area (Å²) in [6.45, 7) is 2.07. The molecule has 6 rings (SSSR count). The van der Waals surface area contributed by atoms with E-state index in [2.05, 4.69) is 54.3 Å². The Morgan fingerprint density at radius 2 is 1.77 bits per heavy atom. The van der Waals surface area contributed by atoms with E-state index in [0.29, 0.717) is 11.1 Å². The van der Waals surface area contributed by atoms with Gasteiger partial charge in [-0.1, -0.05) is 12.1 Å². The van der Waals surface area contributed by atoms with E-state index in [9.17, 15) is 9.18 Å². The van der Waals surface area contributed by atoms with Gasteiger partial charge in [-0.15, -0.1) is 0 Å². The van der Waals surface area contributed by atoms with Crippen LogP contribution in [0.5, 0.6) is 0 Å². The van der Waals surface area contributed by atoms with Gasteiger partial charge in [0, 0.05) is 65.2 Å². The Balaban J connectivity index is 1.07. The van der Waals surface area contributed by atoms with E-state index < -0.39 is 5.82 Å². The molecule has 4 heterocycles. The molecule has 200 valence electrons. The number of aromatic nitrogens is 2. The minimum absolute atomic E-state index is 0.0749. The summed E-state index contributed by atoms with van der Waals surface area (Å²) in [6.07, 6.45) is 4.97. The molecule has 3 aromatic rings. The molecule has 10 heteroatoms. The van der Waals surface area contributed by atoms with Gasteiger partial charge in [-0.2, -0.15) is 17.0 Å². The first-order valence-electron chi connectivity index (χ1n) is 13.3. The lowest BCUT2D eigenvalue weighted by Gasteiger charge is -2.57. The van der Waals surface area contributed by atoms with Gasteiger partial charge in [0.15, 0.2) is 5.82 Å². The lowest BCUT2D eigenvalue weighted by atomic mass is 9.88. The maximum atomic E-state index is 14.6. The van der Waals surface area contributed by atoms with Crippen molar-refractivity contribution in [3.05, 3.63) is 66.1 Å². The molecule has 3 saturated heterocycles. The molecule has 0 aliphatic carbocycles. The summed E-state index contributed by atoms with van der Waals surface area (Å²) in [5.41, 5.74) is 3.07. The fourth-order valence-corrected chi connectivity index (χ4v) is 7.20. The third kappa shape index (κ3) is 5.42. The first-order valence-corrected chi connectivity index (χ1v) is 14.5. The van der Waals surface area contributed by atoms with Gasteiger partial charge in [0.2, 0.25) is 5.95 Å². The van der Waals surface area contributed by atoms with Crippen LogP contribution in [0.1, 0.15) is 29.6 Å². The predicted octanol–water partition coefficient (Wildman–Crippen LogP) is 4.44. The molecule has 2 unspecified atom stereocenters. The Morgan fingerprint density at radius 3 is 2.44 bits per heavy atom. The zero-order valence-corrected chi connectivity index (χ0v) is 22.3. The number of hydrogen-bond donors (Lipinski definition) is 2. The van der Waals surface area contributed by atoms with Crippen LogP contribution in [-0.2, 0) is 0 Å². The number of fused-ring (bicyclic) bond motifs is 2. The number of rotatable bonds is 7. The van der Waals surface area contributed by atoms with E-state index in [1.165, 1.54) is 36.5 Å². The summed E-state index contributed by atoms with van der Waals surface area (Å²) in [7, 11) is 0. The van der Waals surface area contributed by atoms with Crippen LogP contribution in [0.15, 0.2) is 54.7 Å². The number of halogens is 1. The van der Waals surface area contributed by atoms with Gasteiger partial charge in [-0.3, -0.25) is 9.69 Å². The maximum Gasteiger partial charge on any atom is 0.252 e. The van der Waals surface area contributed by atoms with Crippen molar-refractivity contribution < 1.29 is 9.18 Å². The molecule has 3 fully saturated rings. The molecule has 3 aliphatic rings. The summed E-state index contributed by atoms with van der Waals surface area (Å²) in [5.74, 6) is 1.98. The second-order valence-corrected chi connectivity index (χ2v) is 11.3. The summed E-state index contributed by atoms with van der Waals surface area (Å²) in [4.78, 5) is 25.8. The number of thioether (sulfide) groups is 1. The van der Waals surface area contributed by atoms with E-state index in [4.69, 9.17) is 5.26 Å². The molecule has 1 aromatic heterocycles. The van der Waals surface area contributed by atoms with E-state index in [1.54, 1.807) is 24.3 Å². The van der Waals surface area contributed by atoms with Gasteiger partial charge in [-0.05, 0) is 55.7 Å². The van der Waals surface area contributed by atoms with Crippen LogP contribution < -0.4 is 15.5 Å². The molecule has 2 N–H and O–H groups in total. The van der Waals surface area contributed by atoms with Crippen LogP contribution in [-0.4, -0.2) is 70.0 Å². The van der Waals surface area contributed by atoms with Gasteiger partial charge < -0.3 is 15.5 Å². The van der Waals surface area contributed by atoms with Gasteiger partial charge >= 0.3 is 0 Å². The van der Waals surface area contributed by atoms with Crippen LogP contribution in [0.2, 0.25) is 0 Å². The Morgan fingerprint density at radius 1 is 1.05 bits per heavy atom. The summed E-state index contributed by atoms with van der Waals surface area (Å²) in [6, 6.07) is 18.8. The number of nitrogens with one attached hydrogen (secondary N) is 2. The number of benzene rings is 2. The third-order valence-electron chi connectivity index (χ3n) is 7.88. The lowest BCUT2D eigenvalue weighted by Crippen LogP contribution is -2.66. The Kier molecular flexibility index (Phi) is 7.35. The molecule has 2 bridgehead atoms. The second-order valence-electron chi connectivity index (χ2n) is 10.2. The van der Waals surface area contributed by atoms with Gasteiger partial charge in [0.1, 0.15) is 12.2 Å². The molecule has 2 aromatic carbocycles. The van der Waals surface area contributed by atoms with Gasteiger partial charge in [0.05, 0.1) is 12.3 Å². The predicted molar refractivity (Wildman–Crippen MR) is 152 cm³/mol. The topological polar surface area (TPSA) is 97.2 Å². The van der Waals surface area contributed by atoms with Crippen molar-refractivity contribution >= 4 is 35.0 Å². The molecule has 2 atom stereocenters. The van der Waals surface area contributed by atoms with Crippen LogP contribution in [0.25, 0.3) is 11.3 Å². The summed E-state index contributed by atoms with van der Waals surface area (Å²) < 4.78 is 14.6. The zero-order valence-electron chi connectivity index (χ0n) is 21.5. The van der Waals surface area contributed by atoms with Crippen LogP contribution in [0, 0.1) is 17.1 Å². The van der Waals surface area contributed by atoms with Crippen molar-refractivity contribution in [1.29, 1.82) is 5.26 Å². The van der Waals surface area contributed by atoms with Gasteiger partial charge in [-0.25, -0.2) is 14.4 Å². The highest BCUT2D eigenvalue weighted by atomic mass is 32.2. The van der Waals surface area contributed by atoms with Gasteiger partial charge in [0.25, 0.3) is 5.91 Å². The Bertz CT molecular complexity index is 1360. The van der Waals surface area contributed by atoms with Crippen molar-refractivity contribution in [2.24, 2.45) is 0 Å². The number of hydrogen-bond acceptors (Lipinski definition) is 8. The standard InChI is InChI=1S/C29H30FN7OS/c30-26-16-33-29(35-27(26)19-1-3-20(4-2-19)28(38)32-12-11-31)34-21-5-7-22(8-6-21)36-13-9-23(10-14-36)37-24-15-25(37)18-39-17-24/h1-8,16,23-25H,9-10,12-15,17-18H2,(H,32,38)(H,33,34,35). The average molecular weight is 544 g/mol. The van der Waals surface area contributed by atoms with Crippen LogP contribution in [0.4, 0.5) is 21.7 Å². The molecule has 1 amide bonds. The summed E-state index contributed by atoms with van der Waals surface area (Å²) >= 11 is 2.12. The average Bonchev–Trinajstić information content (AvgIpc) is 2.98. The van der Waals surface area contributed by atoms with Crippen molar-refractivity contribution in [3.8, 4) is 17.3 Å². The lowest BCUT2D eigenvalue weighted by molar-refractivity contribution is -0.0152. The minimum Gasteiger partial charge on any atom is -0.371 e. The molecular weight excluding hydrogens is 513 g/mol. The van der Waals surface area contributed by atoms with E-state index in [1.807, 2.05) is 18.2 Å². The molecule has 0 spiro atoms. The molecular formula is C29H30FN7OS. The summed E-state index contributed by atoms with van der Waals surface area (Å²) in [5, 5.41) is 14.3. The largest absolute Gasteiger partial charge is 0.371 e. The maximum absolute atomic E-state index is 14.6. The fourth-order valence-electron chi connectivity index (χ4n) is 5.90. The number of carbonyl (C=O) groups excluding carboxylic acids is 1. The monoisotopic (exact) mass is 543 g/mol. The smallest absolute Gasteiger partial charge is 0.252 e. The minimum atomic E-state index is -0.554. The first-order chi connectivity index (χ1) is 19.1. The SMILES string of the molecule is N#CCNC(=O)c1ccc(-c2nc(Nc3ccc(N4CCC(N5C6CSCC5C6)CC4)cc3)ncc2F)cc1. The number of nitrogens with zero attached hydrogens (tertiary/aromatic N) is 5. The molecule has 0 saturated carbocycles. The van der Waals surface area contributed by atoms with Crippen molar-refractivity contribution in [3.63, 3.8) is 0 Å². The fraction of sp³-hybridized carbons (Fsp3) is 0.379. The van der Waals surface area contributed by atoms with E-state index in [-0.39, 0.29) is 24.1 Å². The van der Waals surface area contributed by atoms with Crippen molar-refractivity contribution in [2.75, 3.05) is 41.4 Å². The molecule has 0 radical (unpaired) electrons. The second kappa shape index (κ2) is 11.2. The number of anilines is 3. The van der Waals surface area contributed by atoms with Crippen molar-refractivity contribution in [1.82, 2.24) is 20.2 Å². The number of amides is 1.